The fourth-order valence-corrected chi connectivity index (χ4v) is 3.44. The van der Waals surface area contributed by atoms with Crippen LogP contribution in [0.3, 0.4) is 0 Å². The van der Waals surface area contributed by atoms with Crippen LogP contribution in [0, 0.1) is 0 Å². The van der Waals surface area contributed by atoms with Crippen molar-refractivity contribution in [3.05, 3.63) is 48.3 Å². The topological polar surface area (TPSA) is 76.3 Å². The summed E-state index contributed by atoms with van der Waals surface area (Å²) in [5.74, 6) is 0. The molecular weight excluding hydrogens is 274 g/mol. The maximum Gasteiger partial charge on any atom is 0.264 e. The average Bonchev–Trinajstić information content (AvgIpc) is 2.47. The second-order valence-electron chi connectivity index (χ2n) is 4.40. The predicted octanol–water partition coefficient (Wildman–Crippen LogP) is 2.05. The summed E-state index contributed by atoms with van der Waals surface area (Å²) in [5, 5.41) is 0. The minimum Gasteiger partial charge on any atom is -0.399 e. The molecule has 0 radical (unpaired) electrons. The summed E-state index contributed by atoms with van der Waals surface area (Å²) in [7, 11) is -2.14. The Kier molecular flexibility index (Phi) is 3.94. The first-order chi connectivity index (χ1) is 9.46. The van der Waals surface area contributed by atoms with Crippen LogP contribution in [0.15, 0.2) is 47.6 Å². The van der Waals surface area contributed by atoms with E-state index in [1.165, 1.54) is 23.6 Å². The second-order valence-corrected chi connectivity index (χ2v) is 6.34. The highest BCUT2D eigenvalue weighted by molar-refractivity contribution is 7.92. The van der Waals surface area contributed by atoms with Crippen LogP contribution in [0.25, 0.3) is 0 Å². The molecule has 0 aliphatic carbocycles. The van der Waals surface area contributed by atoms with E-state index < -0.39 is 10.0 Å². The monoisotopic (exact) mass is 291 g/mol. The second kappa shape index (κ2) is 5.50. The predicted molar refractivity (Wildman–Crippen MR) is 80.1 cm³/mol. The fraction of sp³-hybridized carbons (Fsp3) is 0.214. The van der Waals surface area contributed by atoms with Gasteiger partial charge >= 0.3 is 0 Å². The molecule has 2 aromatic rings. The Balaban J connectivity index is 2.53. The minimum absolute atomic E-state index is 0.242. The number of hydrogen-bond donors (Lipinski definition) is 1. The van der Waals surface area contributed by atoms with Gasteiger partial charge in [-0.2, -0.15) is 0 Å². The largest absolute Gasteiger partial charge is 0.399 e. The normalized spacial score (nSPS) is 11.3. The van der Waals surface area contributed by atoms with Crippen LogP contribution < -0.4 is 10.0 Å². The molecule has 106 valence electrons. The molecule has 0 bridgehead atoms. The molecule has 0 aliphatic rings. The molecule has 0 unspecified atom stereocenters. The lowest BCUT2D eigenvalue weighted by Gasteiger charge is -2.21. The van der Waals surface area contributed by atoms with E-state index in [4.69, 9.17) is 5.73 Å². The van der Waals surface area contributed by atoms with Gasteiger partial charge in [0.05, 0.1) is 16.8 Å². The molecule has 1 aromatic heterocycles. The molecule has 1 aromatic carbocycles. The summed E-state index contributed by atoms with van der Waals surface area (Å²) in [6.07, 6.45) is 3.73. The third-order valence-corrected chi connectivity index (χ3v) is 4.99. The summed E-state index contributed by atoms with van der Waals surface area (Å²) < 4.78 is 26.6. The molecule has 0 fully saturated rings. The molecule has 6 heteroatoms. The first kappa shape index (κ1) is 14.3. The molecule has 0 amide bonds. The molecule has 20 heavy (non-hydrogen) atoms. The Labute approximate surface area is 119 Å². The van der Waals surface area contributed by atoms with Gasteiger partial charge < -0.3 is 5.73 Å². The van der Waals surface area contributed by atoms with E-state index in [9.17, 15) is 8.42 Å². The van der Waals surface area contributed by atoms with Crippen molar-refractivity contribution < 1.29 is 8.42 Å². The number of sulfonamides is 1. The van der Waals surface area contributed by atoms with Gasteiger partial charge in [0.15, 0.2) is 0 Å². The molecule has 0 saturated carbocycles. The number of hydrogen-bond acceptors (Lipinski definition) is 4. The van der Waals surface area contributed by atoms with Crippen LogP contribution in [-0.2, 0) is 16.4 Å². The summed E-state index contributed by atoms with van der Waals surface area (Å²) in [6.45, 7) is 1.91. The van der Waals surface area contributed by atoms with E-state index in [0.29, 0.717) is 17.8 Å². The smallest absolute Gasteiger partial charge is 0.264 e. The van der Waals surface area contributed by atoms with Gasteiger partial charge in [0.25, 0.3) is 10.0 Å². The van der Waals surface area contributed by atoms with Gasteiger partial charge in [0.1, 0.15) is 0 Å². The van der Waals surface area contributed by atoms with Crippen LogP contribution in [0.1, 0.15) is 12.5 Å². The quantitative estimate of drug-likeness (QED) is 0.875. The molecule has 0 aliphatic heterocycles. The number of aromatic nitrogens is 1. The zero-order valence-electron chi connectivity index (χ0n) is 11.4. The van der Waals surface area contributed by atoms with E-state index in [1.54, 1.807) is 30.5 Å². The van der Waals surface area contributed by atoms with Crippen molar-refractivity contribution in [3.63, 3.8) is 0 Å². The number of nitrogens with zero attached hydrogens (tertiary/aromatic N) is 2. The summed E-state index contributed by atoms with van der Waals surface area (Å²) in [5.41, 5.74) is 7.41. The number of anilines is 2. The van der Waals surface area contributed by atoms with E-state index in [1.807, 2.05) is 6.92 Å². The van der Waals surface area contributed by atoms with Crippen molar-refractivity contribution in [2.75, 3.05) is 17.1 Å². The van der Waals surface area contributed by atoms with Gasteiger partial charge in [-0.3, -0.25) is 9.29 Å². The Bertz CT molecular complexity index is 700. The lowest BCUT2D eigenvalue weighted by Crippen LogP contribution is -2.27. The first-order valence-corrected chi connectivity index (χ1v) is 7.68. The highest BCUT2D eigenvalue weighted by atomic mass is 32.2. The number of nitrogens with two attached hydrogens (primary N) is 1. The molecule has 1 heterocycles. The molecule has 2 N–H and O–H groups in total. The number of pyridine rings is 1. The maximum absolute atomic E-state index is 12.7. The first-order valence-electron chi connectivity index (χ1n) is 6.24. The van der Waals surface area contributed by atoms with E-state index in [0.717, 1.165) is 5.56 Å². The molecular formula is C14H17N3O2S. The van der Waals surface area contributed by atoms with Crippen molar-refractivity contribution in [1.29, 1.82) is 0 Å². The Hall–Kier alpha value is -2.08. The standard InChI is InChI=1S/C14H17N3O2S/c1-3-11-6-7-12(15)9-14(11)20(18,19)17(2)13-5-4-8-16-10-13/h4-10H,3,15H2,1-2H3. The molecule has 0 atom stereocenters. The van der Waals surface area contributed by atoms with E-state index >= 15 is 0 Å². The lowest BCUT2D eigenvalue weighted by atomic mass is 10.1. The van der Waals surface area contributed by atoms with Gasteiger partial charge in [-0.25, -0.2) is 8.42 Å². The lowest BCUT2D eigenvalue weighted by molar-refractivity contribution is 0.593. The fourth-order valence-electron chi connectivity index (χ4n) is 1.93. The van der Waals surface area contributed by atoms with Gasteiger partial charge in [-0.05, 0) is 36.2 Å². The Morgan fingerprint density at radius 2 is 2.05 bits per heavy atom. The maximum atomic E-state index is 12.7. The summed E-state index contributed by atoms with van der Waals surface area (Å²) in [4.78, 5) is 4.18. The SMILES string of the molecule is CCc1ccc(N)cc1S(=O)(=O)N(C)c1cccnc1. The zero-order chi connectivity index (χ0) is 14.8. The number of aryl methyl sites for hydroxylation is 1. The Morgan fingerprint density at radius 3 is 2.65 bits per heavy atom. The molecule has 5 nitrogen and oxygen atoms in total. The minimum atomic E-state index is -3.64. The highest BCUT2D eigenvalue weighted by Crippen LogP contribution is 2.25. The molecule has 0 saturated heterocycles. The van der Waals surface area contributed by atoms with Crippen molar-refractivity contribution in [1.82, 2.24) is 4.98 Å². The molecule has 0 spiro atoms. The number of rotatable bonds is 4. The van der Waals surface area contributed by atoms with Crippen molar-refractivity contribution >= 4 is 21.4 Å². The zero-order valence-corrected chi connectivity index (χ0v) is 12.3. The van der Waals surface area contributed by atoms with Gasteiger partial charge in [0.2, 0.25) is 0 Å². The number of benzene rings is 1. The van der Waals surface area contributed by atoms with E-state index in [-0.39, 0.29) is 4.90 Å². The number of nitrogen functional groups attached to an aromatic ring is 1. The van der Waals surface area contributed by atoms with Crippen LogP contribution in [0.4, 0.5) is 11.4 Å². The van der Waals surface area contributed by atoms with Crippen molar-refractivity contribution in [2.24, 2.45) is 0 Å². The third kappa shape index (κ3) is 2.60. The van der Waals surface area contributed by atoms with Gasteiger partial charge in [-0.15, -0.1) is 0 Å². The van der Waals surface area contributed by atoms with Gasteiger partial charge in [-0.1, -0.05) is 13.0 Å². The van der Waals surface area contributed by atoms with Crippen LogP contribution >= 0.6 is 0 Å². The van der Waals surface area contributed by atoms with E-state index in [2.05, 4.69) is 4.98 Å². The van der Waals surface area contributed by atoms with Gasteiger partial charge in [0, 0.05) is 18.9 Å². The summed E-state index contributed by atoms with van der Waals surface area (Å²) >= 11 is 0. The van der Waals surface area contributed by atoms with Crippen molar-refractivity contribution in [3.8, 4) is 0 Å². The molecule has 2 rings (SSSR count). The summed E-state index contributed by atoms with van der Waals surface area (Å²) in [6, 6.07) is 8.35. The average molecular weight is 291 g/mol. The van der Waals surface area contributed by atoms with Crippen LogP contribution in [0.2, 0.25) is 0 Å². The Morgan fingerprint density at radius 1 is 1.30 bits per heavy atom. The van der Waals surface area contributed by atoms with Crippen LogP contribution in [0.5, 0.6) is 0 Å². The highest BCUT2D eigenvalue weighted by Gasteiger charge is 2.24. The van der Waals surface area contributed by atoms with Crippen molar-refractivity contribution in [2.45, 2.75) is 18.2 Å². The third-order valence-electron chi connectivity index (χ3n) is 3.12. The van der Waals surface area contributed by atoms with Crippen LogP contribution in [-0.4, -0.2) is 20.4 Å².